The van der Waals surface area contributed by atoms with Crippen LogP contribution in [-0.2, 0) is 13.8 Å². The fraction of sp³-hybridized carbons (Fsp3) is 0.556. The van der Waals surface area contributed by atoms with Crippen molar-refractivity contribution in [1.82, 2.24) is 9.55 Å². The molecule has 1 aliphatic heterocycles. The molecule has 2 rings (SSSR count). The molecule has 1 fully saturated rings. The number of phosphoric acid groups is 1. The summed E-state index contributed by atoms with van der Waals surface area (Å²) in [5, 5.41) is 9.67. The standard InChI is InChI=1S/C9H12FN2O8P/c10-4-2-12(9(15)11-8(4)14)7-1-5(13)6(20-7)3-19-21(16,17)18/h2,5-7,13H,1,3H2,(H,11,14,15)(H2,16,17,18)/p-1/t5-,6+,7+/m0/s1. The second kappa shape index (κ2) is 5.79. The quantitative estimate of drug-likeness (QED) is 0.527. The average molecular weight is 325 g/mol. The number of phosphoric ester groups is 1. The number of hydrogen-bond donors (Lipinski definition) is 3. The maximum Gasteiger partial charge on any atom is 0.330 e. The number of aliphatic hydroxyl groups is 1. The van der Waals surface area contributed by atoms with Crippen molar-refractivity contribution < 1.29 is 33.1 Å². The number of halogens is 1. The highest BCUT2D eigenvalue weighted by Gasteiger charge is 2.36. The Morgan fingerprint density at radius 1 is 1.62 bits per heavy atom. The van der Waals surface area contributed by atoms with Crippen LogP contribution in [0.5, 0.6) is 0 Å². The van der Waals surface area contributed by atoms with E-state index in [0.29, 0.717) is 6.20 Å². The van der Waals surface area contributed by atoms with Crippen LogP contribution in [0.3, 0.4) is 0 Å². The van der Waals surface area contributed by atoms with Crippen LogP contribution < -0.4 is 16.1 Å². The predicted octanol–water partition coefficient (Wildman–Crippen LogP) is -2.20. The molecule has 2 heterocycles. The number of H-pyrrole nitrogens is 1. The first-order valence-electron chi connectivity index (χ1n) is 5.70. The van der Waals surface area contributed by atoms with Crippen LogP contribution in [0.15, 0.2) is 15.8 Å². The van der Waals surface area contributed by atoms with Gasteiger partial charge in [-0.05, 0) is 0 Å². The second-order valence-corrected chi connectivity index (χ2v) is 5.54. The van der Waals surface area contributed by atoms with E-state index in [1.807, 2.05) is 0 Å². The van der Waals surface area contributed by atoms with Gasteiger partial charge in [-0.15, -0.1) is 0 Å². The van der Waals surface area contributed by atoms with E-state index < -0.39 is 49.9 Å². The Morgan fingerprint density at radius 2 is 2.29 bits per heavy atom. The molecule has 118 valence electrons. The highest BCUT2D eigenvalue weighted by Crippen LogP contribution is 2.34. The van der Waals surface area contributed by atoms with Crippen LogP contribution in [0.4, 0.5) is 4.39 Å². The van der Waals surface area contributed by atoms with Crippen LogP contribution in [0.1, 0.15) is 12.6 Å². The van der Waals surface area contributed by atoms with Crippen molar-refractivity contribution in [1.29, 1.82) is 0 Å². The molecule has 1 aromatic heterocycles. The molecule has 0 saturated carbocycles. The molecular weight excluding hydrogens is 314 g/mol. The zero-order valence-corrected chi connectivity index (χ0v) is 11.2. The highest BCUT2D eigenvalue weighted by molar-refractivity contribution is 7.44. The van der Waals surface area contributed by atoms with E-state index in [1.54, 1.807) is 4.98 Å². The molecule has 3 N–H and O–H groups in total. The van der Waals surface area contributed by atoms with Crippen LogP contribution in [0.25, 0.3) is 0 Å². The third kappa shape index (κ3) is 3.84. The summed E-state index contributed by atoms with van der Waals surface area (Å²) in [4.78, 5) is 43.1. The Morgan fingerprint density at radius 3 is 2.90 bits per heavy atom. The first-order valence-corrected chi connectivity index (χ1v) is 7.20. The van der Waals surface area contributed by atoms with Crippen molar-refractivity contribution in [2.75, 3.05) is 6.61 Å². The Balaban J connectivity index is 2.14. The van der Waals surface area contributed by atoms with Gasteiger partial charge >= 0.3 is 5.69 Å². The van der Waals surface area contributed by atoms with Gasteiger partial charge in [0.2, 0.25) is 5.82 Å². The summed E-state index contributed by atoms with van der Waals surface area (Å²) in [6.45, 7) is -0.671. The highest BCUT2D eigenvalue weighted by atomic mass is 31.2. The molecule has 0 aliphatic carbocycles. The Kier molecular flexibility index (Phi) is 4.42. The lowest BCUT2D eigenvalue weighted by molar-refractivity contribution is -0.222. The maximum atomic E-state index is 13.2. The Labute approximate surface area is 116 Å². The van der Waals surface area contributed by atoms with E-state index in [0.717, 1.165) is 4.57 Å². The molecule has 10 nitrogen and oxygen atoms in total. The van der Waals surface area contributed by atoms with Crippen LogP contribution in [0, 0.1) is 5.82 Å². The van der Waals surface area contributed by atoms with Gasteiger partial charge in [-0.2, -0.15) is 4.39 Å². The summed E-state index contributed by atoms with van der Waals surface area (Å²) >= 11 is 0. The maximum absolute atomic E-state index is 13.2. The van der Waals surface area contributed by atoms with Crippen LogP contribution >= 0.6 is 7.82 Å². The second-order valence-electron chi connectivity index (χ2n) is 4.34. The molecule has 1 aromatic rings. The lowest BCUT2D eigenvalue weighted by Gasteiger charge is -2.20. The molecule has 0 aromatic carbocycles. The molecule has 1 aliphatic rings. The van der Waals surface area contributed by atoms with Gasteiger partial charge in [0.15, 0.2) is 0 Å². The monoisotopic (exact) mass is 325 g/mol. The van der Waals surface area contributed by atoms with Gasteiger partial charge in [0.05, 0.1) is 18.9 Å². The van der Waals surface area contributed by atoms with Crippen LogP contribution in [0.2, 0.25) is 0 Å². The third-order valence-corrected chi connectivity index (χ3v) is 3.32. The number of aromatic nitrogens is 2. The van der Waals surface area contributed by atoms with Gasteiger partial charge in [-0.25, -0.2) is 4.79 Å². The molecule has 0 amide bonds. The summed E-state index contributed by atoms with van der Waals surface area (Å²) in [6, 6.07) is 0. The van der Waals surface area contributed by atoms with E-state index in [4.69, 9.17) is 9.63 Å². The van der Waals surface area contributed by atoms with Gasteiger partial charge < -0.3 is 24.2 Å². The number of rotatable bonds is 4. The zero-order valence-electron chi connectivity index (χ0n) is 10.3. The molecule has 1 saturated heterocycles. The minimum absolute atomic E-state index is 0.159. The summed E-state index contributed by atoms with van der Waals surface area (Å²) in [7, 11) is -4.98. The van der Waals surface area contributed by atoms with E-state index in [-0.39, 0.29) is 6.42 Å². The fourth-order valence-electron chi connectivity index (χ4n) is 1.88. The molecule has 21 heavy (non-hydrogen) atoms. The van der Waals surface area contributed by atoms with Crippen molar-refractivity contribution in [3.8, 4) is 0 Å². The normalized spacial score (nSPS) is 28.5. The van der Waals surface area contributed by atoms with Gasteiger partial charge in [-0.3, -0.25) is 18.9 Å². The smallest absolute Gasteiger partial charge is 0.330 e. The number of aliphatic hydroxyl groups excluding tert-OH is 1. The van der Waals surface area contributed by atoms with Gasteiger partial charge in [0.1, 0.15) is 12.3 Å². The summed E-state index contributed by atoms with van der Waals surface area (Å²) in [6.07, 6.45) is -3.01. The van der Waals surface area contributed by atoms with Crippen molar-refractivity contribution in [3.63, 3.8) is 0 Å². The summed E-state index contributed by atoms with van der Waals surface area (Å²) < 4.78 is 33.6. The molecule has 0 spiro atoms. The predicted molar refractivity (Wildman–Crippen MR) is 61.6 cm³/mol. The number of nitrogens with one attached hydrogen (secondary N) is 1. The molecule has 0 bridgehead atoms. The van der Waals surface area contributed by atoms with E-state index in [9.17, 15) is 28.5 Å². The molecule has 0 radical (unpaired) electrons. The molecular formula is C9H11FN2O8P-. The zero-order chi connectivity index (χ0) is 15.8. The van der Waals surface area contributed by atoms with Crippen molar-refractivity contribution in [2.45, 2.75) is 24.9 Å². The largest absolute Gasteiger partial charge is 0.756 e. The summed E-state index contributed by atoms with van der Waals surface area (Å²) in [5.74, 6) is -1.22. The van der Waals surface area contributed by atoms with E-state index in [2.05, 4.69) is 4.52 Å². The number of ether oxygens (including phenoxy) is 1. The third-order valence-electron chi connectivity index (χ3n) is 2.84. The lowest BCUT2D eigenvalue weighted by atomic mass is 10.2. The van der Waals surface area contributed by atoms with Crippen molar-refractivity contribution in [3.05, 3.63) is 32.9 Å². The SMILES string of the molecule is O=c1[nH]c(=O)n([C@H]2C[C@H](O)[C@@H](COP(=O)([O-])O)O2)cc1F. The van der Waals surface area contributed by atoms with Gasteiger partial charge in [-0.1, -0.05) is 0 Å². The molecule has 1 unspecified atom stereocenters. The Bertz CT molecular complexity index is 681. The van der Waals surface area contributed by atoms with Gasteiger partial charge in [0.25, 0.3) is 13.4 Å². The van der Waals surface area contributed by atoms with Gasteiger partial charge in [0, 0.05) is 6.42 Å². The first kappa shape index (κ1) is 16.0. The fourth-order valence-corrected chi connectivity index (χ4v) is 2.21. The van der Waals surface area contributed by atoms with Crippen molar-refractivity contribution >= 4 is 7.82 Å². The number of nitrogens with zero attached hydrogens (tertiary/aromatic N) is 1. The number of aromatic amines is 1. The first-order chi connectivity index (χ1) is 9.67. The molecule has 12 heteroatoms. The van der Waals surface area contributed by atoms with E-state index >= 15 is 0 Å². The average Bonchev–Trinajstić information content (AvgIpc) is 2.72. The number of hydrogen-bond acceptors (Lipinski definition) is 7. The minimum Gasteiger partial charge on any atom is -0.756 e. The lowest BCUT2D eigenvalue weighted by Crippen LogP contribution is -2.34. The Hall–Kier alpha value is -1.36. The topological polar surface area (TPSA) is 154 Å². The van der Waals surface area contributed by atoms with Crippen molar-refractivity contribution in [2.24, 2.45) is 0 Å². The molecule has 4 atom stereocenters. The minimum atomic E-state index is -4.98. The summed E-state index contributed by atoms with van der Waals surface area (Å²) in [5.41, 5.74) is -2.14. The van der Waals surface area contributed by atoms with E-state index in [1.165, 1.54) is 0 Å². The van der Waals surface area contributed by atoms with Crippen LogP contribution in [-0.4, -0.2) is 38.4 Å².